The maximum absolute atomic E-state index is 3.93. The normalized spacial score (nSPS) is 11.8. The lowest BCUT2D eigenvalue weighted by Crippen LogP contribution is -2.09. The molecule has 0 aliphatic heterocycles. The number of hydrogen-bond acceptors (Lipinski definition) is 1. The van der Waals surface area contributed by atoms with Gasteiger partial charge in [0.2, 0.25) is 0 Å². The summed E-state index contributed by atoms with van der Waals surface area (Å²) in [5.74, 6) is 0. The average molecular weight is 177 g/mol. The van der Waals surface area contributed by atoms with E-state index in [1.54, 1.807) is 0 Å². The highest BCUT2D eigenvalue weighted by Crippen LogP contribution is 2.09. The zero-order valence-corrected chi connectivity index (χ0v) is 8.85. The van der Waals surface area contributed by atoms with Crippen molar-refractivity contribution in [1.29, 1.82) is 0 Å². The molecule has 0 amide bonds. The summed E-state index contributed by atoms with van der Waals surface area (Å²) >= 11 is 0. The first-order valence-corrected chi connectivity index (χ1v) is 4.54. The van der Waals surface area contributed by atoms with Gasteiger partial charge >= 0.3 is 0 Å². The van der Waals surface area contributed by atoms with Gasteiger partial charge in [0, 0.05) is 12.2 Å². The van der Waals surface area contributed by atoms with E-state index in [9.17, 15) is 0 Å². The first-order chi connectivity index (χ1) is 6.11. The van der Waals surface area contributed by atoms with Crippen molar-refractivity contribution in [2.24, 2.45) is 0 Å². The van der Waals surface area contributed by atoms with Crippen LogP contribution in [0.4, 0.5) is 0 Å². The molecular weight excluding hydrogens is 158 g/mol. The van der Waals surface area contributed by atoms with E-state index in [2.05, 4.69) is 25.4 Å². The first kappa shape index (κ1) is 11.8. The van der Waals surface area contributed by atoms with E-state index in [-0.39, 0.29) is 0 Å². The molecule has 0 aromatic heterocycles. The van der Waals surface area contributed by atoms with Gasteiger partial charge in [-0.05, 0) is 38.0 Å². The zero-order valence-electron chi connectivity index (χ0n) is 8.85. The third-order valence-electron chi connectivity index (χ3n) is 1.63. The predicted molar refractivity (Wildman–Crippen MR) is 60.5 cm³/mol. The molecule has 0 aliphatic rings. The maximum Gasteiger partial charge on any atom is 0.0115 e. The van der Waals surface area contributed by atoms with Gasteiger partial charge in [0.05, 0.1) is 0 Å². The van der Waals surface area contributed by atoms with E-state index < -0.39 is 0 Å². The minimum atomic E-state index is 0.936. The molecule has 0 saturated carbocycles. The second-order valence-electron chi connectivity index (χ2n) is 2.91. The fraction of sp³-hybridized carbons (Fsp3) is 0.333. The van der Waals surface area contributed by atoms with Gasteiger partial charge in [-0.15, -0.1) is 0 Å². The van der Waals surface area contributed by atoms with Crippen molar-refractivity contribution in [2.75, 3.05) is 6.54 Å². The molecule has 0 spiro atoms. The predicted octanol–water partition coefficient (Wildman–Crippen LogP) is 3.19. The highest BCUT2D eigenvalue weighted by Gasteiger charge is 1.92. The van der Waals surface area contributed by atoms with Crippen molar-refractivity contribution < 1.29 is 0 Å². The molecule has 1 nitrogen and oxygen atoms in total. The third kappa shape index (κ3) is 5.07. The number of nitrogens with one attached hydrogen (secondary N) is 1. The smallest absolute Gasteiger partial charge is 0.0115 e. The molecule has 0 rings (SSSR count). The van der Waals surface area contributed by atoms with Crippen LogP contribution < -0.4 is 5.32 Å². The highest BCUT2D eigenvalue weighted by atomic mass is 14.9. The molecule has 0 atom stereocenters. The molecule has 1 N–H and O–H groups in total. The van der Waals surface area contributed by atoms with Gasteiger partial charge in [-0.25, -0.2) is 0 Å². The van der Waals surface area contributed by atoms with E-state index in [0.29, 0.717) is 0 Å². The quantitative estimate of drug-likeness (QED) is 0.636. The van der Waals surface area contributed by atoms with Crippen molar-refractivity contribution in [1.82, 2.24) is 5.32 Å². The summed E-state index contributed by atoms with van der Waals surface area (Å²) in [4.78, 5) is 0. The van der Waals surface area contributed by atoms with E-state index in [1.165, 1.54) is 0 Å². The molecule has 0 aromatic rings. The topological polar surface area (TPSA) is 12.0 Å². The molecule has 13 heavy (non-hydrogen) atoms. The van der Waals surface area contributed by atoms with Gasteiger partial charge in [-0.1, -0.05) is 25.3 Å². The van der Waals surface area contributed by atoms with Crippen LogP contribution in [-0.2, 0) is 0 Å². The minimum Gasteiger partial charge on any atom is -0.389 e. The number of allylic oxidation sites excluding steroid dienone is 6. The van der Waals surface area contributed by atoms with Gasteiger partial charge in [0.15, 0.2) is 0 Å². The Morgan fingerprint density at radius 2 is 1.92 bits per heavy atom. The van der Waals surface area contributed by atoms with Crippen LogP contribution in [0.5, 0.6) is 0 Å². The Bertz CT molecular complexity index is 244. The fourth-order valence-corrected chi connectivity index (χ4v) is 0.992. The summed E-state index contributed by atoms with van der Waals surface area (Å²) in [5, 5.41) is 3.21. The standard InChI is InChI=1S/C12H19N/c1-6-8-10(3)11(4)9-12(5)13-7-2/h6,8-9,13H,3-4,7H2,1-2,5H3/b8-6-,12-9+. The Balaban J connectivity index is 4.28. The van der Waals surface area contributed by atoms with Crippen LogP contribution in [0.25, 0.3) is 0 Å². The monoisotopic (exact) mass is 177 g/mol. The van der Waals surface area contributed by atoms with Gasteiger partial charge in [0.1, 0.15) is 0 Å². The molecule has 0 aliphatic carbocycles. The van der Waals surface area contributed by atoms with Gasteiger partial charge < -0.3 is 5.32 Å². The Morgan fingerprint density at radius 3 is 2.38 bits per heavy atom. The SMILES string of the molecule is C=C(/C=C\C)C(=C)/C=C(\C)NCC. The Labute approximate surface area is 81.5 Å². The van der Waals surface area contributed by atoms with E-state index in [4.69, 9.17) is 0 Å². The summed E-state index contributed by atoms with van der Waals surface area (Å²) in [5.41, 5.74) is 3.04. The lowest BCUT2D eigenvalue weighted by atomic mass is 10.1. The molecule has 0 radical (unpaired) electrons. The van der Waals surface area contributed by atoms with Crippen molar-refractivity contribution in [2.45, 2.75) is 20.8 Å². The zero-order chi connectivity index (χ0) is 10.3. The minimum absolute atomic E-state index is 0.936. The molecule has 0 heterocycles. The lowest BCUT2D eigenvalue weighted by molar-refractivity contribution is 0.853. The average Bonchev–Trinajstić information content (AvgIpc) is 2.05. The molecule has 1 heteroatoms. The maximum atomic E-state index is 3.93. The first-order valence-electron chi connectivity index (χ1n) is 4.54. The highest BCUT2D eigenvalue weighted by molar-refractivity contribution is 5.43. The van der Waals surface area contributed by atoms with Crippen molar-refractivity contribution in [3.63, 3.8) is 0 Å². The van der Waals surface area contributed by atoms with Crippen LogP contribution in [0.2, 0.25) is 0 Å². The van der Waals surface area contributed by atoms with E-state index >= 15 is 0 Å². The third-order valence-corrected chi connectivity index (χ3v) is 1.63. The summed E-state index contributed by atoms with van der Waals surface area (Å²) in [6.45, 7) is 14.8. The molecular formula is C12H19N. The largest absolute Gasteiger partial charge is 0.389 e. The van der Waals surface area contributed by atoms with Crippen LogP contribution in [0.3, 0.4) is 0 Å². The Kier molecular flexibility index (Phi) is 5.69. The Morgan fingerprint density at radius 1 is 1.31 bits per heavy atom. The van der Waals surface area contributed by atoms with E-state index in [0.717, 1.165) is 23.4 Å². The summed E-state index contributed by atoms with van der Waals surface area (Å²) < 4.78 is 0. The van der Waals surface area contributed by atoms with Crippen molar-refractivity contribution >= 4 is 0 Å². The molecule has 72 valence electrons. The second-order valence-corrected chi connectivity index (χ2v) is 2.91. The molecule has 0 unspecified atom stereocenters. The van der Waals surface area contributed by atoms with Crippen LogP contribution in [0, 0.1) is 0 Å². The van der Waals surface area contributed by atoms with Gasteiger partial charge in [0.25, 0.3) is 0 Å². The van der Waals surface area contributed by atoms with Crippen LogP contribution >= 0.6 is 0 Å². The van der Waals surface area contributed by atoms with E-state index in [1.807, 2.05) is 32.1 Å². The van der Waals surface area contributed by atoms with Gasteiger partial charge in [-0.2, -0.15) is 0 Å². The van der Waals surface area contributed by atoms with Crippen molar-refractivity contribution in [3.8, 4) is 0 Å². The lowest BCUT2D eigenvalue weighted by Gasteiger charge is -2.04. The van der Waals surface area contributed by atoms with Crippen molar-refractivity contribution in [3.05, 3.63) is 48.2 Å². The summed E-state index contributed by atoms with van der Waals surface area (Å²) in [6.07, 6.45) is 5.92. The van der Waals surface area contributed by atoms with Crippen LogP contribution in [0.15, 0.2) is 48.2 Å². The molecule has 0 aromatic carbocycles. The molecule has 0 bridgehead atoms. The molecule has 0 fully saturated rings. The Hall–Kier alpha value is -1.24. The van der Waals surface area contributed by atoms with Gasteiger partial charge in [-0.3, -0.25) is 0 Å². The summed E-state index contributed by atoms with van der Waals surface area (Å²) in [6, 6.07) is 0. The molecule has 0 saturated heterocycles. The number of rotatable bonds is 5. The number of hydrogen-bond donors (Lipinski definition) is 1. The van der Waals surface area contributed by atoms with Crippen LogP contribution in [-0.4, -0.2) is 6.54 Å². The fourth-order valence-electron chi connectivity index (χ4n) is 0.992. The van der Waals surface area contributed by atoms with Crippen LogP contribution in [0.1, 0.15) is 20.8 Å². The summed E-state index contributed by atoms with van der Waals surface area (Å²) in [7, 11) is 0. The second kappa shape index (κ2) is 6.30.